The zero-order valence-electron chi connectivity index (χ0n) is 11.5. The van der Waals surface area contributed by atoms with E-state index in [1.54, 1.807) is 19.2 Å². The van der Waals surface area contributed by atoms with Crippen molar-refractivity contribution in [2.24, 2.45) is 0 Å². The Morgan fingerprint density at radius 2 is 1.85 bits per heavy atom. The third kappa shape index (κ3) is 3.44. The maximum absolute atomic E-state index is 9.40. The molecule has 0 spiro atoms. The van der Waals surface area contributed by atoms with Gasteiger partial charge in [0.05, 0.1) is 13.7 Å². The highest BCUT2D eigenvalue weighted by atomic mass is 35.5. The first-order chi connectivity index (χ1) is 9.63. The minimum absolute atomic E-state index is 0.153. The Balaban J connectivity index is 2.21. The van der Waals surface area contributed by atoms with Gasteiger partial charge in [0.25, 0.3) is 0 Å². The molecule has 0 unspecified atom stereocenters. The summed E-state index contributed by atoms with van der Waals surface area (Å²) in [5.41, 5.74) is 2.87. The summed E-state index contributed by atoms with van der Waals surface area (Å²) in [6, 6.07) is 11.4. The molecule has 0 aliphatic rings. The number of aliphatic hydroxyl groups excluding tert-OH is 1. The standard InChI is InChI=1S/C16H17ClO3/c1-11-3-5-12(6-4-11)10-20-16-13(9-18)7-14(17)8-15(16)19-2/h3-8,18H,9-10H2,1-2H3. The Bertz CT molecular complexity index is 554. The second-order valence-electron chi connectivity index (χ2n) is 4.53. The zero-order valence-corrected chi connectivity index (χ0v) is 12.3. The normalized spacial score (nSPS) is 10.4. The summed E-state index contributed by atoms with van der Waals surface area (Å²) in [4.78, 5) is 0. The number of ether oxygens (including phenoxy) is 2. The summed E-state index contributed by atoms with van der Waals surface area (Å²) in [5.74, 6) is 1.05. The van der Waals surface area contributed by atoms with Crippen LogP contribution >= 0.6 is 11.6 Å². The van der Waals surface area contributed by atoms with Crippen LogP contribution in [0.25, 0.3) is 0 Å². The smallest absolute Gasteiger partial charge is 0.167 e. The molecule has 0 aliphatic heterocycles. The third-order valence-electron chi connectivity index (χ3n) is 2.99. The van der Waals surface area contributed by atoms with Crippen LogP contribution in [0.15, 0.2) is 36.4 Å². The Morgan fingerprint density at radius 1 is 1.15 bits per heavy atom. The Labute approximate surface area is 123 Å². The van der Waals surface area contributed by atoms with E-state index in [-0.39, 0.29) is 6.61 Å². The SMILES string of the molecule is COc1cc(Cl)cc(CO)c1OCc1ccc(C)cc1. The van der Waals surface area contributed by atoms with Crippen LogP contribution in [0.5, 0.6) is 11.5 Å². The maximum Gasteiger partial charge on any atom is 0.167 e. The summed E-state index contributed by atoms with van der Waals surface area (Å²) in [6.07, 6.45) is 0. The molecule has 20 heavy (non-hydrogen) atoms. The summed E-state index contributed by atoms with van der Waals surface area (Å²) in [6.45, 7) is 2.29. The Morgan fingerprint density at radius 3 is 2.45 bits per heavy atom. The fourth-order valence-electron chi connectivity index (χ4n) is 1.90. The van der Waals surface area contributed by atoms with Gasteiger partial charge in [0, 0.05) is 16.7 Å². The number of methoxy groups -OCH3 is 1. The van der Waals surface area contributed by atoms with Crippen molar-refractivity contribution < 1.29 is 14.6 Å². The van der Waals surface area contributed by atoms with Crippen LogP contribution in [0.1, 0.15) is 16.7 Å². The van der Waals surface area contributed by atoms with E-state index in [0.29, 0.717) is 28.7 Å². The van der Waals surface area contributed by atoms with Crippen molar-refractivity contribution in [3.8, 4) is 11.5 Å². The molecule has 3 nitrogen and oxygen atoms in total. The molecule has 2 aromatic rings. The average Bonchev–Trinajstić information content (AvgIpc) is 2.46. The van der Waals surface area contributed by atoms with Gasteiger partial charge in [-0.3, -0.25) is 0 Å². The van der Waals surface area contributed by atoms with Crippen LogP contribution in [0.3, 0.4) is 0 Å². The molecule has 0 saturated carbocycles. The van der Waals surface area contributed by atoms with E-state index >= 15 is 0 Å². The molecule has 0 aliphatic carbocycles. The molecule has 2 aromatic carbocycles. The zero-order chi connectivity index (χ0) is 14.5. The van der Waals surface area contributed by atoms with Crippen LogP contribution in [-0.2, 0) is 13.2 Å². The monoisotopic (exact) mass is 292 g/mol. The largest absolute Gasteiger partial charge is 0.493 e. The van der Waals surface area contributed by atoms with Crippen molar-refractivity contribution in [1.29, 1.82) is 0 Å². The number of hydrogen-bond donors (Lipinski definition) is 1. The van der Waals surface area contributed by atoms with Crippen LogP contribution in [0.2, 0.25) is 5.02 Å². The Hall–Kier alpha value is -1.71. The lowest BCUT2D eigenvalue weighted by atomic mass is 10.1. The van der Waals surface area contributed by atoms with E-state index in [9.17, 15) is 5.11 Å². The van der Waals surface area contributed by atoms with Gasteiger partial charge in [-0.2, -0.15) is 0 Å². The molecule has 0 fully saturated rings. The van der Waals surface area contributed by atoms with Crippen molar-refractivity contribution in [2.45, 2.75) is 20.1 Å². The number of rotatable bonds is 5. The highest BCUT2D eigenvalue weighted by Crippen LogP contribution is 2.35. The number of hydrogen-bond acceptors (Lipinski definition) is 3. The van der Waals surface area contributed by atoms with Crippen LogP contribution in [0, 0.1) is 6.92 Å². The molecular weight excluding hydrogens is 276 g/mol. The van der Waals surface area contributed by atoms with Gasteiger partial charge in [-0.15, -0.1) is 0 Å². The lowest BCUT2D eigenvalue weighted by molar-refractivity contribution is 0.250. The second kappa shape index (κ2) is 6.64. The van der Waals surface area contributed by atoms with Gasteiger partial charge in [-0.1, -0.05) is 41.4 Å². The van der Waals surface area contributed by atoms with Gasteiger partial charge < -0.3 is 14.6 Å². The van der Waals surface area contributed by atoms with Crippen molar-refractivity contribution in [3.63, 3.8) is 0 Å². The molecule has 0 radical (unpaired) electrons. The van der Waals surface area contributed by atoms with E-state index < -0.39 is 0 Å². The molecule has 2 rings (SSSR count). The van der Waals surface area contributed by atoms with Gasteiger partial charge in [-0.25, -0.2) is 0 Å². The molecule has 106 valence electrons. The highest BCUT2D eigenvalue weighted by Gasteiger charge is 2.12. The number of halogens is 1. The number of benzene rings is 2. The minimum Gasteiger partial charge on any atom is -0.493 e. The summed E-state index contributed by atoms with van der Waals surface area (Å²) >= 11 is 5.97. The Kier molecular flexibility index (Phi) is 4.88. The molecule has 1 N–H and O–H groups in total. The number of aryl methyl sites for hydroxylation is 1. The van der Waals surface area contributed by atoms with E-state index in [1.807, 2.05) is 31.2 Å². The predicted octanol–water partition coefficient (Wildman–Crippen LogP) is 3.73. The lowest BCUT2D eigenvalue weighted by Crippen LogP contribution is -2.01. The topological polar surface area (TPSA) is 38.7 Å². The van der Waals surface area contributed by atoms with Crippen molar-refractivity contribution >= 4 is 11.6 Å². The molecule has 0 bridgehead atoms. The molecule has 0 aromatic heterocycles. The quantitative estimate of drug-likeness (QED) is 0.912. The van der Waals surface area contributed by atoms with Gasteiger partial charge in [0.15, 0.2) is 11.5 Å². The first-order valence-corrected chi connectivity index (χ1v) is 6.67. The number of aliphatic hydroxyl groups is 1. The summed E-state index contributed by atoms with van der Waals surface area (Å²) < 4.78 is 11.0. The summed E-state index contributed by atoms with van der Waals surface area (Å²) in [5, 5.41) is 9.91. The average molecular weight is 293 g/mol. The molecule has 0 saturated heterocycles. The van der Waals surface area contributed by atoms with Crippen molar-refractivity contribution in [3.05, 3.63) is 58.1 Å². The first-order valence-electron chi connectivity index (χ1n) is 6.29. The van der Waals surface area contributed by atoms with E-state index in [0.717, 1.165) is 5.56 Å². The van der Waals surface area contributed by atoms with Crippen LogP contribution < -0.4 is 9.47 Å². The summed E-state index contributed by atoms with van der Waals surface area (Å²) in [7, 11) is 1.55. The van der Waals surface area contributed by atoms with Crippen LogP contribution in [-0.4, -0.2) is 12.2 Å². The molecular formula is C16H17ClO3. The van der Waals surface area contributed by atoms with Gasteiger partial charge in [-0.05, 0) is 18.6 Å². The van der Waals surface area contributed by atoms with Crippen molar-refractivity contribution in [2.75, 3.05) is 7.11 Å². The maximum atomic E-state index is 9.40. The molecule has 0 atom stereocenters. The van der Waals surface area contributed by atoms with Gasteiger partial charge in [0.1, 0.15) is 6.61 Å². The molecule has 4 heteroatoms. The highest BCUT2D eigenvalue weighted by molar-refractivity contribution is 6.30. The van der Waals surface area contributed by atoms with Crippen molar-refractivity contribution in [1.82, 2.24) is 0 Å². The predicted molar refractivity (Wildman–Crippen MR) is 79.4 cm³/mol. The van der Waals surface area contributed by atoms with E-state index in [2.05, 4.69) is 0 Å². The van der Waals surface area contributed by atoms with Gasteiger partial charge >= 0.3 is 0 Å². The second-order valence-corrected chi connectivity index (χ2v) is 4.97. The minimum atomic E-state index is -0.153. The molecule has 0 heterocycles. The van der Waals surface area contributed by atoms with Gasteiger partial charge in [0.2, 0.25) is 0 Å². The fraction of sp³-hybridized carbons (Fsp3) is 0.250. The van der Waals surface area contributed by atoms with E-state index in [1.165, 1.54) is 5.56 Å². The third-order valence-corrected chi connectivity index (χ3v) is 3.21. The van der Waals surface area contributed by atoms with E-state index in [4.69, 9.17) is 21.1 Å². The lowest BCUT2D eigenvalue weighted by Gasteiger charge is -2.15. The first kappa shape index (κ1) is 14.7. The van der Waals surface area contributed by atoms with Crippen LogP contribution in [0.4, 0.5) is 0 Å². The molecule has 0 amide bonds. The fourth-order valence-corrected chi connectivity index (χ4v) is 2.13.